The first-order valence-corrected chi connectivity index (χ1v) is 6.47. The second kappa shape index (κ2) is 5.55. The maximum absolute atomic E-state index is 10.4. The number of rotatable bonds is 4. The minimum atomic E-state index is -0.729. The molecule has 0 aliphatic carbocycles. The van der Waals surface area contributed by atoms with E-state index in [2.05, 4.69) is 12.0 Å². The van der Waals surface area contributed by atoms with Gasteiger partial charge in [-0.3, -0.25) is 4.68 Å². The third kappa shape index (κ3) is 2.57. The fourth-order valence-electron chi connectivity index (χ4n) is 1.94. The van der Waals surface area contributed by atoms with Crippen LogP contribution in [0.25, 0.3) is 0 Å². The van der Waals surface area contributed by atoms with Gasteiger partial charge in [-0.2, -0.15) is 5.10 Å². The Labute approximate surface area is 112 Å². The van der Waals surface area contributed by atoms with E-state index >= 15 is 0 Å². The fraction of sp³-hybridized carbons (Fsp3) is 0.357. The highest BCUT2D eigenvalue weighted by molar-refractivity contribution is 6.31. The van der Waals surface area contributed by atoms with Crippen molar-refractivity contribution in [1.82, 2.24) is 9.78 Å². The molecule has 0 fully saturated rings. The molecule has 4 heteroatoms. The number of aryl methyl sites for hydroxylation is 2. The smallest absolute Gasteiger partial charge is 0.122 e. The van der Waals surface area contributed by atoms with Crippen LogP contribution in [-0.2, 0) is 6.54 Å². The van der Waals surface area contributed by atoms with Crippen molar-refractivity contribution < 1.29 is 5.11 Å². The maximum atomic E-state index is 10.4. The van der Waals surface area contributed by atoms with Crippen molar-refractivity contribution >= 4 is 11.6 Å². The van der Waals surface area contributed by atoms with Crippen LogP contribution in [0.4, 0.5) is 0 Å². The lowest BCUT2D eigenvalue weighted by atomic mass is 10.0. The number of hydrogen-bond donors (Lipinski definition) is 1. The summed E-state index contributed by atoms with van der Waals surface area (Å²) in [5, 5.41) is 15.1. The quantitative estimate of drug-likeness (QED) is 0.920. The molecular formula is C14H17ClN2O. The number of aliphatic hydroxyl groups excluding tert-OH is 1. The van der Waals surface area contributed by atoms with E-state index in [0.29, 0.717) is 10.7 Å². The summed E-state index contributed by atoms with van der Waals surface area (Å²) in [5.74, 6) is 0. The summed E-state index contributed by atoms with van der Waals surface area (Å²) in [6.45, 7) is 4.84. The predicted molar refractivity (Wildman–Crippen MR) is 72.8 cm³/mol. The van der Waals surface area contributed by atoms with Crippen molar-refractivity contribution in [1.29, 1.82) is 0 Å². The van der Waals surface area contributed by atoms with Crippen LogP contribution >= 0.6 is 11.6 Å². The molecule has 0 bridgehead atoms. The van der Waals surface area contributed by atoms with Gasteiger partial charge in [-0.05, 0) is 18.9 Å². The van der Waals surface area contributed by atoms with Gasteiger partial charge in [0.15, 0.2) is 0 Å². The van der Waals surface area contributed by atoms with Gasteiger partial charge in [0.05, 0.1) is 16.9 Å². The molecule has 1 atom stereocenters. The summed E-state index contributed by atoms with van der Waals surface area (Å²) in [4.78, 5) is 0. The Hall–Kier alpha value is -1.32. The summed E-state index contributed by atoms with van der Waals surface area (Å²) in [6, 6.07) is 7.79. The molecule has 0 radical (unpaired) electrons. The van der Waals surface area contributed by atoms with Gasteiger partial charge in [-0.15, -0.1) is 0 Å². The zero-order chi connectivity index (χ0) is 13.1. The van der Waals surface area contributed by atoms with Gasteiger partial charge in [0.1, 0.15) is 6.10 Å². The molecule has 96 valence electrons. The van der Waals surface area contributed by atoms with Gasteiger partial charge < -0.3 is 5.11 Å². The van der Waals surface area contributed by atoms with Crippen LogP contribution in [0, 0.1) is 6.92 Å². The van der Waals surface area contributed by atoms with E-state index in [4.69, 9.17) is 11.6 Å². The highest BCUT2D eigenvalue weighted by Crippen LogP contribution is 2.28. The Balaban J connectivity index is 2.35. The molecule has 1 heterocycles. The van der Waals surface area contributed by atoms with E-state index in [-0.39, 0.29) is 0 Å². The SMILES string of the molecule is CCCn1ncc(Cl)c1C(O)c1ccc(C)cc1. The molecule has 18 heavy (non-hydrogen) atoms. The first kappa shape index (κ1) is 13.1. The predicted octanol–water partition coefficient (Wildman–Crippen LogP) is 3.34. The first-order chi connectivity index (χ1) is 8.63. The molecular weight excluding hydrogens is 248 g/mol. The molecule has 0 spiro atoms. The summed E-state index contributed by atoms with van der Waals surface area (Å²) in [6.07, 6.45) is 1.81. The Bertz CT molecular complexity index is 519. The molecule has 0 saturated heterocycles. The highest BCUT2D eigenvalue weighted by Gasteiger charge is 2.19. The van der Waals surface area contributed by atoms with Gasteiger partial charge in [-0.1, -0.05) is 48.4 Å². The third-order valence-corrected chi connectivity index (χ3v) is 3.21. The number of aliphatic hydroxyl groups is 1. The zero-order valence-corrected chi connectivity index (χ0v) is 11.4. The van der Waals surface area contributed by atoms with Gasteiger partial charge >= 0.3 is 0 Å². The first-order valence-electron chi connectivity index (χ1n) is 6.09. The minimum Gasteiger partial charge on any atom is -0.382 e. The molecule has 0 aliphatic heterocycles. The molecule has 0 amide bonds. The maximum Gasteiger partial charge on any atom is 0.122 e. The highest BCUT2D eigenvalue weighted by atomic mass is 35.5. The number of halogens is 1. The van der Waals surface area contributed by atoms with E-state index in [1.807, 2.05) is 31.2 Å². The lowest BCUT2D eigenvalue weighted by Crippen LogP contribution is -2.10. The lowest BCUT2D eigenvalue weighted by Gasteiger charge is -2.14. The Morgan fingerprint density at radius 3 is 2.61 bits per heavy atom. The standard InChI is InChI=1S/C14H17ClN2O/c1-3-8-17-13(12(15)9-16-17)14(18)11-6-4-10(2)5-7-11/h4-7,9,14,18H,3,8H2,1-2H3. The van der Waals surface area contributed by atoms with Crippen molar-refractivity contribution in [2.45, 2.75) is 32.9 Å². The third-order valence-electron chi connectivity index (χ3n) is 2.92. The van der Waals surface area contributed by atoms with Gasteiger partial charge in [0, 0.05) is 6.54 Å². The summed E-state index contributed by atoms with van der Waals surface area (Å²) in [7, 11) is 0. The largest absolute Gasteiger partial charge is 0.382 e. The van der Waals surface area contributed by atoms with Crippen LogP contribution in [0.1, 0.15) is 36.3 Å². The Morgan fingerprint density at radius 1 is 1.33 bits per heavy atom. The molecule has 0 aliphatic rings. The number of hydrogen-bond acceptors (Lipinski definition) is 2. The van der Waals surface area contributed by atoms with Crippen LogP contribution in [0.2, 0.25) is 5.02 Å². The van der Waals surface area contributed by atoms with Crippen LogP contribution in [0.3, 0.4) is 0 Å². The molecule has 3 nitrogen and oxygen atoms in total. The summed E-state index contributed by atoms with van der Waals surface area (Å²) in [5.41, 5.74) is 2.67. The van der Waals surface area contributed by atoms with Crippen molar-refractivity contribution in [2.75, 3.05) is 0 Å². The van der Waals surface area contributed by atoms with E-state index in [1.165, 1.54) is 5.56 Å². The average molecular weight is 265 g/mol. The van der Waals surface area contributed by atoms with E-state index < -0.39 is 6.10 Å². The van der Waals surface area contributed by atoms with Crippen LogP contribution < -0.4 is 0 Å². The second-order valence-corrected chi connectivity index (χ2v) is 4.82. The van der Waals surface area contributed by atoms with Crippen molar-refractivity contribution in [2.24, 2.45) is 0 Å². The van der Waals surface area contributed by atoms with E-state index in [9.17, 15) is 5.11 Å². The van der Waals surface area contributed by atoms with E-state index in [0.717, 1.165) is 18.5 Å². The molecule has 1 aromatic heterocycles. The topological polar surface area (TPSA) is 38.0 Å². The van der Waals surface area contributed by atoms with Crippen LogP contribution in [0.15, 0.2) is 30.5 Å². The zero-order valence-electron chi connectivity index (χ0n) is 10.6. The van der Waals surface area contributed by atoms with Crippen molar-refractivity contribution in [3.05, 3.63) is 52.3 Å². The van der Waals surface area contributed by atoms with E-state index in [1.54, 1.807) is 10.9 Å². The fourth-order valence-corrected chi connectivity index (χ4v) is 2.18. The molecule has 2 rings (SSSR count). The normalized spacial score (nSPS) is 12.7. The van der Waals surface area contributed by atoms with Crippen molar-refractivity contribution in [3.8, 4) is 0 Å². The molecule has 0 saturated carbocycles. The molecule has 1 unspecified atom stereocenters. The molecule has 1 N–H and O–H groups in total. The minimum absolute atomic E-state index is 0.511. The Kier molecular flexibility index (Phi) is 4.04. The van der Waals surface area contributed by atoms with Crippen LogP contribution in [-0.4, -0.2) is 14.9 Å². The molecule has 1 aromatic carbocycles. The number of nitrogens with zero attached hydrogens (tertiary/aromatic N) is 2. The summed E-state index contributed by atoms with van der Waals surface area (Å²) >= 11 is 6.11. The monoisotopic (exact) mass is 264 g/mol. The molecule has 2 aromatic rings. The number of benzene rings is 1. The van der Waals surface area contributed by atoms with Crippen LogP contribution in [0.5, 0.6) is 0 Å². The summed E-state index contributed by atoms with van der Waals surface area (Å²) < 4.78 is 1.77. The lowest BCUT2D eigenvalue weighted by molar-refractivity contribution is 0.207. The number of aromatic nitrogens is 2. The average Bonchev–Trinajstić information content (AvgIpc) is 2.71. The Morgan fingerprint density at radius 2 is 2.00 bits per heavy atom. The van der Waals surface area contributed by atoms with Gasteiger partial charge in [0.2, 0.25) is 0 Å². The van der Waals surface area contributed by atoms with Crippen molar-refractivity contribution in [3.63, 3.8) is 0 Å². The second-order valence-electron chi connectivity index (χ2n) is 4.41. The van der Waals surface area contributed by atoms with Gasteiger partial charge in [-0.25, -0.2) is 0 Å². The van der Waals surface area contributed by atoms with Gasteiger partial charge in [0.25, 0.3) is 0 Å².